The van der Waals surface area contributed by atoms with E-state index in [-0.39, 0.29) is 24.6 Å². The van der Waals surface area contributed by atoms with E-state index in [2.05, 4.69) is 0 Å². The zero-order chi connectivity index (χ0) is 17.8. The first-order valence-electron chi connectivity index (χ1n) is 7.82. The quantitative estimate of drug-likeness (QED) is 0.697. The molecule has 0 radical (unpaired) electrons. The van der Waals surface area contributed by atoms with Crippen LogP contribution in [-0.2, 0) is 11.3 Å². The fraction of sp³-hybridized carbons (Fsp3) is 0.150. The van der Waals surface area contributed by atoms with Gasteiger partial charge in [-0.2, -0.15) is 0 Å². The van der Waals surface area contributed by atoms with Crippen LogP contribution in [0.4, 0.5) is 8.78 Å². The standard InChI is InChI=1S/C20H17F2NO2/c1-23(12-16-6-8-17(21)11-19(16)22)20(24)13-25-18-9-7-14-4-2-3-5-15(14)10-18/h2-11H,12-13H2,1H3. The first-order chi connectivity index (χ1) is 12.0. The minimum atomic E-state index is -0.671. The zero-order valence-corrected chi connectivity index (χ0v) is 13.7. The number of benzene rings is 3. The molecule has 0 aliphatic carbocycles. The third-order valence-corrected chi connectivity index (χ3v) is 3.93. The van der Waals surface area contributed by atoms with Gasteiger partial charge in [0.1, 0.15) is 17.4 Å². The van der Waals surface area contributed by atoms with Crippen LogP contribution in [0.25, 0.3) is 10.8 Å². The van der Waals surface area contributed by atoms with Gasteiger partial charge in [-0.1, -0.05) is 36.4 Å². The highest BCUT2D eigenvalue weighted by Crippen LogP contribution is 2.20. The number of ether oxygens (including phenoxy) is 1. The number of hydrogen-bond acceptors (Lipinski definition) is 2. The molecule has 25 heavy (non-hydrogen) atoms. The SMILES string of the molecule is CN(Cc1ccc(F)cc1F)C(=O)COc1ccc2ccccc2c1. The van der Waals surface area contributed by atoms with E-state index in [1.807, 2.05) is 36.4 Å². The van der Waals surface area contributed by atoms with Gasteiger partial charge in [-0.05, 0) is 29.0 Å². The van der Waals surface area contributed by atoms with Gasteiger partial charge >= 0.3 is 0 Å². The van der Waals surface area contributed by atoms with E-state index in [1.54, 1.807) is 13.1 Å². The van der Waals surface area contributed by atoms with Crippen LogP contribution in [0.3, 0.4) is 0 Å². The van der Waals surface area contributed by atoms with Gasteiger partial charge in [-0.3, -0.25) is 4.79 Å². The van der Waals surface area contributed by atoms with Gasteiger partial charge in [0.2, 0.25) is 0 Å². The molecule has 0 atom stereocenters. The summed E-state index contributed by atoms with van der Waals surface area (Å²) in [4.78, 5) is 13.5. The number of halogens is 2. The summed E-state index contributed by atoms with van der Waals surface area (Å²) in [6.45, 7) is -0.107. The van der Waals surface area contributed by atoms with E-state index in [1.165, 1.54) is 17.0 Å². The van der Waals surface area contributed by atoms with Gasteiger partial charge < -0.3 is 9.64 Å². The zero-order valence-electron chi connectivity index (χ0n) is 13.7. The number of likely N-dealkylation sites (N-methyl/N-ethyl adjacent to an activating group) is 1. The van der Waals surface area contributed by atoms with Crippen LogP contribution < -0.4 is 4.74 Å². The second-order valence-corrected chi connectivity index (χ2v) is 5.78. The molecule has 0 aromatic heterocycles. The molecule has 0 saturated heterocycles. The summed E-state index contributed by atoms with van der Waals surface area (Å²) in [5.41, 5.74) is 0.253. The van der Waals surface area contributed by atoms with Crippen molar-refractivity contribution < 1.29 is 18.3 Å². The molecule has 3 nitrogen and oxygen atoms in total. The maximum Gasteiger partial charge on any atom is 0.260 e. The Kier molecular flexibility index (Phi) is 4.93. The Bertz CT molecular complexity index is 911. The molecule has 0 heterocycles. The number of rotatable bonds is 5. The predicted octanol–water partition coefficient (Wildman–Crippen LogP) is 4.16. The molecule has 5 heteroatoms. The summed E-state index contributed by atoms with van der Waals surface area (Å²) in [6, 6.07) is 16.7. The fourth-order valence-electron chi connectivity index (χ4n) is 2.51. The molecule has 3 rings (SSSR count). The van der Waals surface area contributed by atoms with Crippen LogP contribution in [0.1, 0.15) is 5.56 Å². The maximum absolute atomic E-state index is 13.7. The molecule has 0 fully saturated rings. The van der Waals surface area contributed by atoms with Gasteiger partial charge in [0.25, 0.3) is 5.91 Å². The molecule has 0 spiro atoms. The first-order valence-corrected chi connectivity index (χ1v) is 7.82. The van der Waals surface area contributed by atoms with Gasteiger partial charge in [0, 0.05) is 25.2 Å². The van der Waals surface area contributed by atoms with E-state index in [0.717, 1.165) is 16.8 Å². The first kappa shape index (κ1) is 16.9. The van der Waals surface area contributed by atoms with Crippen molar-refractivity contribution in [2.45, 2.75) is 6.54 Å². The summed E-state index contributed by atoms with van der Waals surface area (Å²) in [5.74, 6) is -1.02. The molecule has 1 amide bonds. The molecular formula is C20H17F2NO2. The van der Waals surface area contributed by atoms with Crippen LogP contribution in [0, 0.1) is 11.6 Å². The van der Waals surface area contributed by atoms with Crippen LogP contribution in [0.5, 0.6) is 5.75 Å². The van der Waals surface area contributed by atoms with E-state index in [0.29, 0.717) is 5.75 Å². The van der Waals surface area contributed by atoms with Gasteiger partial charge in [0.15, 0.2) is 6.61 Å². The Morgan fingerprint density at radius 3 is 2.52 bits per heavy atom. The van der Waals surface area contributed by atoms with Gasteiger partial charge in [-0.25, -0.2) is 8.78 Å². The fourth-order valence-corrected chi connectivity index (χ4v) is 2.51. The Morgan fingerprint density at radius 2 is 1.76 bits per heavy atom. The molecule has 3 aromatic carbocycles. The number of amides is 1. The Balaban J connectivity index is 1.60. The largest absolute Gasteiger partial charge is 0.484 e. The van der Waals surface area contributed by atoms with Crippen LogP contribution >= 0.6 is 0 Å². The third-order valence-electron chi connectivity index (χ3n) is 3.93. The van der Waals surface area contributed by atoms with Crippen molar-refractivity contribution in [3.63, 3.8) is 0 Å². The molecule has 0 aliphatic rings. The Morgan fingerprint density at radius 1 is 1.00 bits per heavy atom. The molecule has 0 saturated carbocycles. The predicted molar refractivity (Wildman–Crippen MR) is 92.3 cm³/mol. The molecule has 3 aromatic rings. The molecule has 0 aliphatic heterocycles. The molecule has 0 bridgehead atoms. The van der Waals surface area contributed by atoms with Crippen molar-refractivity contribution in [1.29, 1.82) is 0 Å². The summed E-state index contributed by atoms with van der Waals surface area (Å²) >= 11 is 0. The lowest BCUT2D eigenvalue weighted by Crippen LogP contribution is -2.31. The number of hydrogen-bond donors (Lipinski definition) is 0. The highest BCUT2D eigenvalue weighted by molar-refractivity contribution is 5.84. The van der Waals surface area contributed by atoms with E-state index in [4.69, 9.17) is 4.74 Å². The maximum atomic E-state index is 13.7. The normalized spacial score (nSPS) is 10.7. The van der Waals surface area contributed by atoms with E-state index < -0.39 is 11.6 Å². The topological polar surface area (TPSA) is 29.5 Å². The summed E-state index contributed by atoms with van der Waals surface area (Å²) in [6.07, 6.45) is 0. The third kappa shape index (κ3) is 4.12. The lowest BCUT2D eigenvalue weighted by atomic mass is 10.1. The monoisotopic (exact) mass is 341 g/mol. The second kappa shape index (κ2) is 7.30. The second-order valence-electron chi connectivity index (χ2n) is 5.78. The number of fused-ring (bicyclic) bond motifs is 1. The van der Waals surface area contributed by atoms with Crippen LogP contribution in [0.2, 0.25) is 0 Å². The van der Waals surface area contributed by atoms with E-state index in [9.17, 15) is 13.6 Å². The minimum Gasteiger partial charge on any atom is -0.484 e. The van der Waals surface area contributed by atoms with Crippen LogP contribution in [-0.4, -0.2) is 24.5 Å². The van der Waals surface area contributed by atoms with Crippen molar-refractivity contribution >= 4 is 16.7 Å². The Hall–Kier alpha value is -2.95. The number of nitrogens with zero attached hydrogens (tertiary/aromatic N) is 1. The number of carbonyl (C=O) groups is 1. The van der Waals surface area contributed by atoms with E-state index >= 15 is 0 Å². The molecule has 128 valence electrons. The average molecular weight is 341 g/mol. The Labute approximate surface area is 144 Å². The van der Waals surface area contributed by atoms with Crippen molar-refractivity contribution in [2.75, 3.05) is 13.7 Å². The molecule has 0 N–H and O–H groups in total. The summed E-state index contributed by atoms with van der Waals surface area (Å²) in [5, 5.41) is 2.11. The van der Waals surface area contributed by atoms with Crippen molar-refractivity contribution in [3.8, 4) is 5.75 Å². The highest BCUT2D eigenvalue weighted by Gasteiger charge is 2.13. The molecular weight excluding hydrogens is 324 g/mol. The average Bonchev–Trinajstić information content (AvgIpc) is 2.61. The van der Waals surface area contributed by atoms with Gasteiger partial charge in [-0.15, -0.1) is 0 Å². The lowest BCUT2D eigenvalue weighted by Gasteiger charge is -2.18. The van der Waals surface area contributed by atoms with Crippen LogP contribution in [0.15, 0.2) is 60.7 Å². The summed E-state index contributed by atoms with van der Waals surface area (Å²) < 4.78 is 32.1. The summed E-state index contributed by atoms with van der Waals surface area (Å²) in [7, 11) is 1.55. The minimum absolute atomic E-state index is 0.0476. The molecule has 0 unspecified atom stereocenters. The van der Waals surface area contributed by atoms with Crippen molar-refractivity contribution in [3.05, 3.63) is 77.9 Å². The van der Waals surface area contributed by atoms with Crippen molar-refractivity contribution in [2.24, 2.45) is 0 Å². The smallest absolute Gasteiger partial charge is 0.260 e. The lowest BCUT2D eigenvalue weighted by molar-refractivity contribution is -0.132. The van der Waals surface area contributed by atoms with Crippen molar-refractivity contribution in [1.82, 2.24) is 4.90 Å². The number of carbonyl (C=O) groups excluding carboxylic acids is 1. The van der Waals surface area contributed by atoms with Gasteiger partial charge in [0.05, 0.1) is 0 Å². The highest BCUT2D eigenvalue weighted by atomic mass is 19.1.